The minimum Gasteiger partial charge on any atom is -0.481 e. The molecule has 3 rings (SSSR count). The molecular weight excluding hydrogens is 340 g/mol. The van der Waals surface area contributed by atoms with Crippen LogP contribution < -0.4 is 10.1 Å². The van der Waals surface area contributed by atoms with Crippen LogP contribution in [-0.2, 0) is 22.6 Å². The van der Waals surface area contributed by atoms with Gasteiger partial charge < -0.3 is 15.0 Å². The number of nitrogens with one attached hydrogen (secondary N) is 1. The maximum Gasteiger partial charge on any atom is 0.263 e. The van der Waals surface area contributed by atoms with Crippen LogP contribution in [-0.4, -0.2) is 28.9 Å². The van der Waals surface area contributed by atoms with E-state index >= 15 is 0 Å². The zero-order valence-corrected chi connectivity index (χ0v) is 16.1. The molecule has 5 nitrogen and oxygen atoms in total. The smallest absolute Gasteiger partial charge is 0.263 e. The number of carbonyl (C=O) groups is 2. The summed E-state index contributed by atoms with van der Waals surface area (Å²) >= 11 is 0. The van der Waals surface area contributed by atoms with E-state index in [4.69, 9.17) is 4.74 Å². The number of fused-ring (bicyclic) bond motifs is 1. The topological polar surface area (TPSA) is 58.6 Å². The summed E-state index contributed by atoms with van der Waals surface area (Å²) in [6.07, 6.45) is 0.684. The maximum absolute atomic E-state index is 12.6. The second-order valence-electron chi connectivity index (χ2n) is 7.02. The van der Waals surface area contributed by atoms with E-state index in [1.54, 1.807) is 6.92 Å². The first-order chi connectivity index (χ1) is 13.0. The molecule has 2 amide bonds. The normalized spacial score (nSPS) is 17.5. The number of ether oxygens (including phenoxy) is 1. The van der Waals surface area contributed by atoms with Crippen LogP contribution in [0.2, 0.25) is 0 Å². The summed E-state index contributed by atoms with van der Waals surface area (Å²) in [5, 5.41) is 2.94. The largest absolute Gasteiger partial charge is 0.481 e. The van der Waals surface area contributed by atoms with Crippen molar-refractivity contribution in [2.45, 2.75) is 52.3 Å². The summed E-state index contributed by atoms with van der Waals surface area (Å²) in [5.41, 5.74) is 2.59. The van der Waals surface area contributed by atoms with Crippen molar-refractivity contribution >= 4 is 17.5 Å². The highest BCUT2D eigenvalue weighted by Gasteiger charge is 2.30. The highest BCUT2D eigenvalue weighted by atomic mass is 16.5. The Morgan fingerprint density at radius 1 is 1.26 bits per heavy atom. The SMILES string of the molecule is CC[C@H](C)N1Cc2cc(NC(=O)Cc3ccccc3)ccc2O[C@H](C)C1=O. The zero-order valence-electron chi connectivity index (χ0n) is 16.1. The van der Waals surface area contributed by atoms with Crippen LogP contribution in [0.25, 0.3) is 0 Å². The van der Waals surface area contributed by atoms with Crippen molar-refractivity contribution in [2.75, 3.05) is 5.32 Å². The number of benzene rings is 2. The van der Waals surface area contributed by atoms with Crippen molar-refractivity contribution in [1.82, 2.24) is 4.90 Å². The summed E-state index contributed by atoms with van der Waals surface area (Å²) in [6.45, 7) is 6.37. The Morgan fingerprint density at radius 2 is 2.00 bits per heavy atom. The fraction of sp³-hybridized carbons (Fsp3) is 0.364. The standard InChI is InChI=1S/C22H26N2O3/c1-4-15(2)24-14-18-13-19(10-11-20(18)27-16(3)22(24)26)23-21(25)12-17-8-6-5-7-9-17/h5-11,13,15-16H,4,12,14H2,1-3H3,(H,23,25)/t15-,16+/m0/s1. The first kappa shape index (κ1) is 19.0. The lowest BCUT2D eigenvalue weighted by Gasteiger charge is -2.28. The van der Waals surface area contributed by atoms with Gasteiger partial charge in [0.1, 0.15) is 5.75 Å². The fourth-order valence-corrected chi connectivity index (χ4v) is 3.21. The summed E-state index contributed by atoms with van der Waals surface area (Å²) < 4.78 is 5.85. The van der Waals surface area contributed by atoms with Crippen molar-refractivity contribution in [2.24, 2.45) is 0 Å². The van der Waals surface area contributed by atoms with E-state index < -0.39 is 6.10 Å². The second kappa shape index (κ2) is 8.25. The Balaban J connectivity index is 1.77. The van der Waals surface area contributed by atoms with Crippen molar-refractivity contribution in [3.8, 4) is 5.75 Å². The molecule has 5 heteroatoms. The third kappa shape index (κ3) is 4.48. The van der Waals surface area contributed by atoms with Gasteiger partial charge in [0.05, 0.1) is 6.42 Å². The van der Waals surface area contributed by atoms with Gasteiger partial charge in [-0.2, -0.15) is 0 Å². The average Bonchev–Trinajstić information content (AvgIpc) is 2.78. The number of anilines is 1. The highest BCUT2D eigenvalue weighted by Crippen LogP contribution is 2.30. The third-order valence-corrected chi connectivity index (χ3v) is 4.95. The van der Waals surface area contributed by atoms with E-state index in [0.29, 0.717) is 24.4 Å². The second-order valence-corrected chi connectivity index (χ2v) is 7.02. The molecule has 1 N–H and O–H groups in total. The first-order valence-corrected chi connectivity index (χ1v) is 9.41. The molecule has 0 bridgehead atoms. The van der Waals surface area contributed by atoms with Gasteiger partial charge in [-0.15, -0.1) is 0 Å². The molecule has 1 aliphatic heterocycles. The molecule has 1 aliphatic rings. The monoisotopic (exact) mass is 366 g/mol. The Labute approximate surface area is 160 Å². The Morgan fingerprint density at radius 3 is 2.70 bits per heavy atom. The lowest BCUT2D eigenvalue weighted by Crippen LogP contribution is -2.42. The van der Waals surface area contributed by atoms with Gasteiger partial charge in [-0.1, -0.05) is 37.3 Å². The van der Waals surface area contributed by atoms with Crippen LogP contribution in [0, 0.1) is 0 Å². The Bertz CT molecular complexity index is 820. The minimum absolute atomic E-state index is 0.00443. The quantitative estimate of drug-likeness (QED) is 0.876. The van der Waals surface area contributed by atoms with Crippen molar-refractivity contribution in [3.63, 3.8) is 0 Å². The molecule has 2 aromatic carbocycles. The molecule has 0 aromatic heterocycles. The molecule has 0 saturated carbocycles. The molecule has 0 spiro atoms. The van der Waals surface area contributed by atoms with Crippen LogP contribution in [0.1, 0.15) is 38.3 Å². The summed E-state index contributed by atoms with van der Waals surface area (Å²) in [4.78, 5) is 26.8. The summed E-state index contributed by atoms with van der Waals surface area (Å²) in [6, 6.07) is 15.3. The number of nitrogens with zero attached hydrogens (tertiary/aromatic N) is 1. The van der Waals surface area contributed by atoms with Crippen LogP contribution >= 0.6 is 0 Å². The van der Waals surface area contributed by atoms with Crippen molar-refractivity contribution in [1.29, 1.82) is 0 Å². The molecule has 0 unspecified atom stereocenters. The molecular formula is C22H26N2O3. The van der Waals surface area contributed by atoms with Crippen LogP contribution in [0.5, 0.6) is 5.75 Å². The molecule has 0 aliphatic carbocycles. The average molecular weight is 366 g/mol. The summed E-state index contributed by atoms with van der Waals surface area (Å²) in [7, 11) is 0. The molecule has 142 valence electrons. The summed E-state index contributed by atoms with van der Waals surface area (Å²) in [5.74, 6) is 0.622. The van der Waals surface area contributed by atoms with Gasteiger partial charge in [0.2, 0.25) is 5.91 Å². The molecule has 0 saturated heterocycles. The molecule has 2 aromatic rings. The lowest BCUT2D eigenvalue weighted by molar-refractivity contribution is -0.139. The van der Waals surface area contributed by atoms with E-state index in [0.717, 1.165) is 17.5 Å². The van der Waals surface area contributed by atoms with Gasteiger partial charge in [0, 0.05) is 23.8 Å². The molecule has 0 fully saturated rings. The van der Waals surface area contributed by atoms with Gasteiger partial charge in [-0.25, -0.2) is 0 Å². The number of hydrogen-bond donors (Lipinski definition) is 1. The molecule has 27 heavy (non-hydrogen) atoms. The first-order valence-electron chi connectivity index (χ1n) is 9.41. The van der Waals surface area contributed by atoms with Gasteiger partial charge in [-0.3, -0.25) is 9.59 Å². The predicted octanol–water partition coefficient (Wildman–Crippen LogP) is 3.78. The predicted molar refractivity (Wildman–Crippen MR) is 106 cm³/mol. The van der Waals surface area contributed by atoms with E-state index in [2.05, 4.69) is 12.2 Å². The van der Waals surface area contributed by atoms with Crippen LogP contribution in [0.3, 0.4) is 0 Å². The van der Waals surface area contributed by atoms with E-state index in [1.807, 2.05) is 60.4 Å². The Hall–Kier alpha value is -2.82. The van der Waals surface area contributed by atoms with Gasteiger partial charge in [0.15, 0.2) is 6.10 Å². The van der Waals surface area contributed by atoms with Gasteiger partial charge >= 0.3 is 0 Å². The van der Waals surface area contributed by atoms with E-state index in [-0.39, 0.29) is 17.9 Å². The van der Waals surface area contributed by atoms with Gasteiger partial charge in [0.25, 0.3) is 5.91 Å². The number of amides is 2. The maximum atomic E-state index is 12.6. The minimum atomic E-state index is -0.515. The number of hydrogen-bond acceptors (Lipinski definition) is 3. The zero-order chi connectivity index (χ0) is 19.4. The molecule has 1 heterocycles. The fourth-order valence-electron chi connectivity index (χ4n) is 3.21. The van der Waals surface area contributed by atoms with E-state index in [1.165, 1.54) is 0 Å². The van der Waals surface area contributed by atoms with Crippen LogP contribution in [0.15, 0.2) is 48.5 Å². The van der Waals surface area contributed by atoms with Crippen LogP contribution in [0.4, 0.5) is 5.69 Å². The number of carbonyl (C=O) groups excluding carboxylic acids is 2. The molecule has 2 atom stereocenters. The third-order valence-electron chi connectivity index (χ3n) is 4.95. The van der Waals surface area contributed by atoms with E-state index in [9.17, 15) is 9.59 Å². The lowest BCUT2D eigenvalue weighted by atomic mass is 10.1. The number of rotatable bonds is 5. The highest BCUT2D eigenvalue weighted by molar-refractivity contribution is 5.92. The Kier molecular flexibility index (Phi) is 5.79. The van der Waals surface area contributed by atoms with Crippen molar-refractivity contribution in [3.05, 3.63) is 59.7 Å². The molecule has 0 radical (unpaired) electrons. The van der Waals surface area contributed by atoms with Gasteiger partial charge in [-0.05, 0) is 44.0 Å². The van der Waals surface area contributed by atoms with Crippen molar-refractivity contribution < 1.29 is 14.3 Å².